The number of carbonyl (C=O) groups excluding carboxylic acids is 1. The van der Waals surface area contributed by atoms with E-state index >= 15 is 0 Å². The van der Waals surface area contributed by atoms with Gasteiger partial charge in [-0.1, -0.05) is 49.2 Å². The third kappa shape index (κ3) is 4.09. The number of urea groups is 1. The van der Waals surface area contributed by atoms with Crippen LogP contribution >= 0.6 is 0 Å². The third-order valence-corrected chi connectivity index (χ3v) is 6.55. The average molecular weight is 409 g/mol. The van der Waals surface area contributed by atoms with Gasteiger partial charge in [0.1, 0.15) is 11.4 Å². The van der Waals surface area contributed by atoms with Crippen LogP contribution in [0.3, 0.4) is 0 Å². The van der Waals surface area contributed by atoms with Gasteiger partial charge in [0.05, 0.1) is 0 Å². The Bertz CT molecular complexity index is 758. The summed E-state index contributed by atoms with van der Waals surface area (Å²) < 4.78 is 0. The number of hydrogen-bond donors (Lipinski definition) is 2. The maximum atomic E-state index is 14.2. The van der Waals surface area contributed by atoms with Gasteiger partial charge in [0, 0.05) is 11.4 Å². The van der Waals surface area contributed by atoms with E-state index < -0.39 is 11.4 Å². The summed E-state index contributed by atoms with van der Waals surface area (Å²) in [7, 11) is 0. The maximum Gasteiger partial charge on any atom is 0.333 e. The van der Waals surface area contributed by atoms with Crippen molar-refractivity contribution in [2.24, 2.45) is 0 Å². The van der Waals surface area contributed by atoms with Crippen LogP contribution in [0, 0.1) is 0 Å². The Labute approximate surface area is 178 Å². The van der Waals surface area contributed by atoms with Crippen molar-refractivity contribution in [3.63, 3.8) is 0 Å². The van der Waals surface area contributed by atoms with Crippen LogP contribution in [0.5, 0.6) is 0 Å². The third-order valence-electron chi connectivity index (χ3n) is 6.55. The Kier molecular flexibility index (Phi) is 6.11. The summed E-state index contributed by atoms with van der Waals surface area (Å²) >= 11 is 0. The molecule has 2 aromatic carbocycles. The molecular weight excluding hydrogens is 376 g/mol. The Hall–Kier alpha value is -2.37. The topological polar surface area (TPSA) is 64.0 Å². The molecule has 160 valence electrons. The van der Waals surface area contributed by atoms with Crippen LogP contribution in [0.4, 0.5) is 16.2 Å². The first kappa shape index (κ1) is 20.9. The number of rotatable bonds is 4. The number of para-hydroxylation sites is 2. The normalized spacial score (nSPS) is 20.3. The van der Waals surface area contributed by atoms with E-state index in [1.807, 2.05) is 60.7 Å². The molecule has 0 bridgehead atoms. The van der Waals surface area contributed by atoms with Gasteiger partial charge in [0.15, 0.2) is 0 Å². The molecule has 0 aromatic heterocycles. The average Bonchev–Trinajstić information content (AvgIpc) is 2.76. The summed E-state index contributed by atoms with van der Waals surface area (Å²) in [6.45, 7) is 0. The molecular formula is C25H32N2O3. The van der Waals surface area contributed by atoms with Crippen LogP contribution in [0.2, 0.25) is 0 Å². The highest BCUT2D eigenvalue weighted by Crippen LogP contribution is 2.40. The van der Waals surface area contributed by atoms with E-state index in [4.69, 9.17) is 0 Å². The molecule has 0 radical (unpaired) electrons. The van der Waals surface area contributed by atoms with E-state index in [-0.39, 0.29) is 6.03 Å². The molecule has 4 rings (SSSR count). The molecule has 0 heterocycles. The smallest absolute Gasteiger partial charge is 0.333 e. The lowest BCUT2D eigenvalue weighted by molar-refractivity contribution is -0.00483. The number of nitrogens with zero attached hydrogens (tertiary/aromatic N) is 2. The van der Waals surface area contributed by atoms with Crippen LogP contribution in [0.25, 0.3) is 0 Å². The van der Waals surface area contributed by atoms with Crippen LogP contribution in [0.15, 0.2) is 60.7 Å². The number of anilines is 2. The highest BCUT2D eigenvalue weighted by Gasteiger charge is 2.47. The molecule has 0 spiro atoms. The lowest BCUT2D eigenvalue weighted by Gasteiger charge is -2.48. The van der Waals surface area contributed by atoms with Crippen LogP contribution in [-0.2, 0) is 0 Å². The van der Waals surface area contributed by atoms with E-state index in [0.29, 0.717) is 37.1 Å². The van der Waals surface area contributed by atoms with Crippen molar-refractivity contribution in [2.45, 2.75) is 75.7 Å². The fourth-order valence-electron chi connectivity index (χ4n) is 4.99. The summed E-state index contributed by atoms with van der Waals surface area (Å²) in [5.74, 6) is 0. The van der Waals surface area contributed by atoms with Gasteiger partial charge in [-0.15, -0.1) is 0 Å². The molecule has 0 unspecified atom stereocenters. The Morgan fingerprint density at radius 2 is 0.933 bits per heavy atom. The van der Waals surface area contributed by atoms with Crippen molar-refractivity contribution in [2.75, 3.05) is 9.80 Å². The zero-order valence-corrected chi connectivity index (χ0v) is 17.5. The molecule has 2 fully saturated rings. The molecule has 0 saturated heterocycles. The number of hydrogen-bond acceptors (Lipinski definition) is 3. The van der Waals surface area contributed by atoms with Crippen molar-refractivity contribution in [3.05, 3.63) is 60.7 Å². The molecule has 2 saturated carbocycles. The molecule has 30 heavy (non-hydrogen) atoms. The van der Waals surface area contributed by atoms with Gasteiger partial charge in [0.2, 0.25) is 0 Å². The standard InChI is InChI=1S/C25H32N2O3/c28-23(26(21-13-5-1-6-14-21)24(29)17-9-3-10-18-24)27(22-15-7-2-8-16-22)25(30)19-11-4-12-20-25/h1-2,5-8,13-16,29-30H,3-4,9-12,17-20H2. The van der Waals surface area contributed by atoms with Crippen molar-refractivity contribution in [1.29, 1.82) is 0 Å². The van der Waals surface area contributed by atoms with Gasteiger partial charge in [-0.05, 0) is 75.6 Å². The zero-order valence-electron chi connectivity index (χ0n) is 17.5. The quantitative estimate of drug-likeness (QED) is 0.664. The van der Waals surface area contributed by atoms with E-state index in [1.165, 1.54) is 9.80 Å². The van der Waals surface area contributed by atoms with Crippen molar-refractivity contribution >= 4 is 17.4 Å². The van der Waals surface area contributed by atoms with E-state index in [0.717, 1.165) is 38.5 Å². The summed E-state index contributed by atoms with van der Waals surface area (Å²) in [6, 6.07) is 18.4. The Morgan fingerprint density at radius 1 is 0.600 bits per heavy atom. The minimum Gasteiger partial charge on any atom is -0.370 e. The predicted octanol–water partition coefficient (Wildman–Crippen LogP) is 5.43. The lowest BCUT2D eigenvalue weighted by atomic mass is 9.88. The number of amides is 2. The van der Waals surface area contributed by atoms with Crippen molar-refractivity contribution in [1.82, 2.24) is 0 Å². The van der Waals surface area contributed by atoms with Crippen LogP contribution in [-0.4, -0.2) is 27.7 Å². The molecule has 0 atom stereocenters. The van der Waals surface area contributed by atoms with Crippen molar-refractivity contribution < 1.29 is 15.0 Å². The van der Waals surface area contributed by atoms with E-state index in [9.17, 15) is 15.0 Å². The summed E-state index contributed by atoms with van der Waals surface area (Å²) in [4.78, 5) is 17.3. The summed E-state index contributed by atoms with van der Waals surface area (Å²) in [5, 5.41) is 23.3. The largest absolute Gasteiger partial charge is 0.370 e. The first-order valence-electron chi connectivity index (χ1n) is 11.2. The highest BCUT2D eigenvalue weighted by molar-refractivity contribution is 6.05. The Balaban J connectivity index is 1.80. The fraction of sp³-hybridized carbons (Fsp3) is 0.480. The second kappa shape index (κ2) is 8.78. The van der Waals surface area contributed by atoms with Crippen LogP contribution < -0.4 is 9.80 Å². The first-order chi connectivity index (χ1) is 14.5. The first-order valence-corrected chi connectivity index (χ1v) is 11.2. The second-order valence-electron chi connectivity index (χ2n) is 8.71. The molecule has 2 aromatic rings. The SMILES string of the molecule is O=C(N(c1ccccc1)C1(O)CCCCC1)N(c1ccccc1)C1(O)CCCCC1. The predicted molar refractivity (Wildman–Crippen MR) is 119 cm³/mol. The molecule has 2 aliphatic rings. The van der Waals surface area contributed by atoms with Crippen molar-refractivity contribution in [3.8, 4) is 0 Å². The van der Waals surface area contributed by atoms with Crippen LogP contribution in [0.1, 0.15) is 64.2 Å². The minimum absolute atomic E-state index is 0.360. The molecule has 5 heteroatoms. The van der Waals surface area contributed by atoms with Gasteiger partial charge < -0.3 is 10.2 Å². The summed E-state index contributed by atoms with van der Waals surface area (Å²) in [6.07, 6.45) is 7.78. The summed E-state index contributed by atoms with van der Waals surface area (Å²) in [5.41, 5.74) is -1.19. The Morgan fingerprint density at radius 3 is 1.27 bits per heavy atom. The van der Waals surface area contributed by atoms with E-state index in [1.54, 1.807) is 0 Å². The molecule has 5 nitrogen and oxygen atoms in total. The van der Waals surface area contributed by atoms with Gasteiger partial charge in [-0.3, -0.25) is 9.80 Å². The van der Waals surface area contributed by atoms with Gasteiger partial charge >= 0.3 is 6.03 Å². The molecule has 2 N–H and O–H groups in total. The van der Waals surface area contributed by atoms with Gasteiger partial charge in [-0.25, -0.2) is 4.79 Å². The minimum atomic E-state index is -1.26. The zero-order chi connectivity index (χ0) is 21.0. The maximum absolute atomic E-state index is 14.2. The molecule has 0 aliphatic heterocycles. The number of benzene rings is 2. The monoisotopic (exact) mass is 408 g/mol. The molecule has 2 aliphatic carbocycles. The molecule has 2 amide bonds. The van der Waals surface area contributed by atoms with Gasteiger partial charge in [0.25, 0.3) is 0 Å². The van der Waals surface area contributed by atoms with Gasteiger partial charge in [-0.2, -0.15) is 0 Å². The number of carbonyl (C=O) groups is 1. The number of aliphatic hydroxyl groups is 2. The lowest BCUT2D eigenvalue weighted by Crippen LogP contribution is -2.63. The fourth-order valence-corrected chi connectivity index (χ4v) is 4.99. The second-order valence-corrected chi connectivity index (χ2v) is 8.71. The van der Waals surface area contributed by atoms with E-state index in [2.05, 4.69) is 0 Å². The highest BCUT2D eigenvalue weighted by atomic mass is 16.3.